The van der Waals surface area contributed by atoms with Gasteiger partial charge in [-0.1, -0.05) is 13.8 Å². The van der Waals surface area contributed by atoms with Gasteiger partial charge in [-0.3, -0.25) is 0 Å². The number of rotatable bonds is 5. The first kappa shape index (κ1) is 12.6. The van der Waals surface area contributed by atoms with Gasteiger partial charge in [0.2, 0.25) is 5.06 Å². The van der Waals surface area contributed by atoms with Gasteiger partial charge in [-0.25, -0.2) is 0 Å². The molecule has 0 aliphatic carbocycles. The Bertz CT molecular complexity index is 387. The van der Waals surface area contributed by atoms with Crippen molar-refractivity contribution in [2.24, 2.45) is 5.92 Å². The van der Waals surface area contributed by atoms with Gasteiger partial charge in [0.05, 0.1) is 6.61 Å². The third-order valence-corrected chi connectivity index (χ3v) is 2.23. The number of ether oxygens (including phenoxy) is 2. The lowest BCUT2D eigenvalue weighted by Gasteiger charge is -2.05. The Balaban J connectivity index is 2.79. The summed E-state index contributed by atoms with van der Waals surface area (Å²) in [7, 11) is 0. The maximum atomic E-state index is 12.0. The molecule has 16 heavy (non-hydrogen) atoms. The molecule has 0 amide bonds. The fraction of sp³-hybridized carbons (Fsp3) is 0.556. The number of halogens is 2. The minimum atomic E-state index is -2.99. The Labute approximate surface area is 95.6 Å². The lowest BCUT2D eigenvalue weighted by molar-refractivity contribution is -0.0524. The number of nitriles is 1. The normalized spacial score (nSPS) is 10.6. The van der Waals surface area contributed by atoms with Crippen LogP contribution in [0, 0.1) is 17.2 Å². The van der Waals surface area contributed by atoms with Gasteiger partial charge in [0.1, 0.15) is 6.07 Å². The fourth-order valence-corrected chi connectivity index (χ4v) is 1.51. The van der Waals surface area contributed by atoms with Gasteiger partial charge in [-0.05, 0) is 5.92 Å². The summed E-state index contributed by atoms with van der Waals surface area (Å²) in [6, 6.07) is 1.74. The molecule has 0 aliphatic heterocycles. The van der Waals surface area contributed by atoms with E-state index in [9.17, 15) is 8.78 Å². The first-order valence-corrected chi connectivity index (χ1v) is 5.29. The van der Waals surface area contributed by atoms with E-state index in [-0.39, 0.29) is 22.4 Å². The first-order valence-electron chi connectivity index (χ1n) is 4.52. The Morgan fingerprint density at radius 3 is 2.69 bits per heavy atom. The molecule has 0 bridgehead atoms. The summed E-state index contributed by atoms with van der Waals surface area (Å²) < 4.78 is 36.8. The predicted molar refractivity (Wildman–Crippen MR) is 53.8 cm³/mol. The average Bonchev–Trinajstić information content (AvgIpc) is 2.56. The van der Waals surface area contributed by atoms with E-state index in [2.05, 4.69) is 9.11 Å². The maximum absolute atomic E-state index is 12.0. The van der Waals surface area contributed by atoms with Crippen LogP contribution in [-0.4, -0.2) is 17.6 Å². The van der Waals surface area contributed by atoms with Crippen LogP contribution < -0.4 is 9.47 Å². The lowest BCUT2D eigenvalue weighted by atomic mass is 10.2. The van der Waals surface area contributed by atoms with Gasteiger partial charge in [-0.15, -0.1) is 0 Å². The molecular formula is C9H10F2N2O2S. The van der Waals surface area contributed by atoms with Crippen molar-refractivity contribution in [3.05, 3.63) is 5.56 Å². The highest BCUT2D eigenvalue weighted by Gasteiger charge is 2.19. The van der Waals surface area contributed by atoms with Crippen LogP contribution in [0.4, 0.5) is 8.78 Å². The standard InChI is InChI=1S/C9H10F2N2O2S/c1-5(2)4-14-8-6(3-12)7(13-16-8)15-9(10)11/h5,9H,4H2,1-2H3. The zero-order chi connectivity index (χ0) is 12.1. The highest BCUT2D eigenvalue weighted by atomic mass is 32.1. The molecule has 1 rings (SSSR count). The minimum absolute atomic E-state index is 0.0778. The van der Waals surface area contributed by atoms with E-state index in [0.29, 0.717) is 6.61 Å². The topological polar surface area (TPSA) is 55.1 Å². The van der Waals surface area contributed by atoms with Crippen LogP contribution in [0.1, 0.15) is 19.4 Å². The Morgan fingerprint density at radius 2 is 2.19 bits per heavy atom. The summed E-state index contributed by atoms with van der Waals surface area (Å²) in [5.74, 6) is -0.102. The second-order valence-electron chi connectivity index (χ2n) is 3.35. The van der Waals surface area contributed by atoms with Crippen molar-refractivity contribution in [3.8, 4) is 17.0 Å². The molecule has 88 valence electrons. The van der Waals surface area contributed by atoms with E-state index in [0.717, 1.165) is 11.5 Å². The molecule has 0 fully saturated rings. The molecule has 0 spiro atoms. The zero-order valence-electron chi connectivity index (χ0n) is 8.74. The molecule has 1 aromatic heterocycles. The summed E-state index contributed by atoms with van der Waals surface area (Å²) in [5.41, 5.74) is -0.0778. The fourth-order valence-electron chi connectivity index (χ4n) is 0.861. The molecule has 0 radical (unpaired) electrons. The number of aromatic nitrogens is 1. The van der Waals surface area contributed by atoms with Crippen LogP contribution in [0.5, 0.6) is 10.9 Å². The van der Waals surface area contributed by atoms with Crippen LogP contribution in [0.2, 0.25) is 0 Å². The highest BCUT2D eigenvalue weighted by molar-refractivity contribution is 7.08. The Morgan fingerprint density at radius 1 is 1.50 bits per heavy atom. The van der Waals surface area contributed by atoms with Crippen LogP contribution in [0.15, 0.2) is 0 Å². The average molecular weight is 248 g/mol. The predicted octanol–water partition coefficient (Wildman–Crippen LogP) is 2.65. The molecule has 4 nitrogen and oxygen atoms in total. The largest absolute Gasteiger partial charge is 0.482 e. The summed E-state index contributed by atoms with van der Waals surface area (Å²) in [6.07, 6.45) is 0. The maximum Gasteiger partial charge on any atom is 0.388 e. The van der Waals surface area contributed by atoms with Crippen molar-refractivity contribution < 1.29 is 18.3 Å². The molecular weight excluding hydrogens is 238 g/mol. The molecule has 0 saturated heterocycles. The molecule has 0 N–H and O–H groups in total. The monoisotopic (exact) mass is 248 g/mol. The molecule has 0 saturated carbocycles. The van der Waals surface area contributed by atoms with Crippen molar-refractivity contribution in [1.29, 1.82) is 5.26 Å². The quantitative estimate of drug-likeness (QED) is 0.803. The van der Waals surface area contributed by atoms with Crippen molar-refractivity contribution in [2.45, 2.75) is 20.5 Å². The van der Waals surface area contributed by atoms with Gasteiger partial charge >= 0.3 is 6.61 Å². The second kappa shape index (κ2) is 5.61. The molecule has 0 aliphatic rings. The number of hydrogen-bond acceptors (Lipinski definition) is 5. The van der Waals surface area contributed by atoms with E-state index in [1.165, 1.54) is 0 Å². The molecule has 1 aromatic rings. The number of nitrogens with zero attached hydrogens (tertiary/aromatic N) is 2. The molecule has 0 aromatic carbocycles. The van der Waals surface area contributed by atoms with Crippen LogP contribution >= 0.6 is 11.5 Å². The summed E-state index contributed by atoms with van der Waals surface area (Å²) in [4.78, 5) is 0. The minimum Gasteiger partial charge on any atom is -0.482 e. The van der Waals surface area contributed by atoms with Gasteiger partial charge in [0, 0.05) is 11.5 Å². The summed E-state index contributed by atoms with van der Waals surface area (Å²) in [6.45, 7) is 1.27. The van der Waals surface area contributed by atoms with Crippen molar-refractivity contribution in [2.75, 3.05) is 6.61 Å². The molecule has 7 heteroatoms. The van der Waals surface area contributed by atoms with Crippen molar-refractivity contribution in [3.63, 3.8) is 0 Å². The van der Waals surface area contributed by atoms with Crippen LogP contribution in [0.25, 0.3) is 0 Å². The third-order valence-electron chi connectivity index (χ3n) is 1.49. The Kier molecular flexibility index (Phi) is 4.43. The molecule has 0 unspecified atom stereocenters. The van der Waals surface area contributed by atoms with E-state index in [1.807, 2.05) is 13.8 Å². The van der Waals surface area contributed by atoms with Gasteiger partial charge in [0.25, 0.3) is 5.88 Å². The molecule has 0 atom stereocenters. The van der Waals surface area contributed by atoms with E-state index in [4.69, 9.17) is 10.00 Å². The Hall–Kier alpha value is -1.42. The van der Waals surface area contributed by atoms with Crippen LogP contribution in [-0.2, 0) is 0 Å². The van der Waals surface area contributed by atoms with Gasteiger partial charge in [-0.2, -0.15) is 18.4 Å². The number of alkyl halides is 2. The first-order chi connectivity index (χ1) is 7.54. The summed E-state index contributed by atoms with van der Waals surface area (Å²) >= 11 is 0.832. The molecule has 1 heterocycles. The van der Waals surface area contributed by atoms with Crippen molar-refractivity contribution >= 4 is 11.5 Å². The smallest absolute Gasteiger partial charge is 0.388 e. The SMILES string of the molecule is CC(C)COc1snc(OC(F)F)c1C#N. The third kappa shape index (κ3) is 3.31. The number of hydrogen-bond donors (Lipinski definition) is 0. The second-order valence-corrected chi connectivity index (χ2v) is 4.08. The van der Waals surface area contributed by atoms with E-state index < -0.39 is 6.61 Å². The van der Waals surface area contributed by atoms with Gasteiger partial charge < -0.3 is 9.47 Å². The van der Waals surface area contributed by atoms with Gasteiger partial charge in [0.15, 0.2) is 5.56 Å². The van der Waals surface area contributed by atoms with Crippen molar-refractivity contribution in [1.82, 2.24) is 4.37 Å². The lowest BCUT2D eigenvalue weighted by Crippen LogP contribution is -2.05. The van der Waals surface area contributed by atoms with E-state index >= 15 is 0 Å². The highest BCUT2D eigenvalue weighted by Crippen LogP contribution is 2.32. The summed E-state index contributed by atoms with van der Waals surface area (Å²) in [5, 5.41) is 8.99. The van der Waals surface area contributed by atoms with Crippen LogP contribution in [0.3, 0.4) is 0 Å². The van der Waals surface area contributed by atoms with E-state index in [1.54, 1.807) is 6.07 Å². The zero-order valence-corrected chi connectivity index (χ0v) is 9.55.